The van der Waals surface area contributed by atoms with E-state index in [-0.39, 0.29) is 23.0 Å². The van der Waals surface area contributed by atoms with E-state index < -0.39 is 0 Å². The predicted molar refractivity (Wildman–Crippen MR) is 254 cm³/mol. The average Bonchev–Trinajstić information content (AvgIpc) is 3.38. The number of benzene rings is 6. The van der Waals surface area contributed by atoms with E-state index in [4.69, 9.17) is 0 Å². The van der Waals surface area contributed by atoms with Crippen molar-refractivity contribution in [1.82, 2.24) is 0 Å². The molecule has 0 radical (unpaired) electrons. The van der Waals surface area contributed by atoms with Crippen molar-refractivity contribution in [3.05, 3.63) is 155 Å². The lowest BCUT2D eigenvalue weighted by Gasteiger charge is -2.45. The van der Waals surface area contributed by atoms with Crippen LogP contribution in [0.5, 0.6) is 0 Å². The molecule has 10 rings (SSSR count). The van der Waals surface area contributed by atoms with Gasteiger partial charge in [-0.3, -0.25) is 0 Å². The van der Waals surface area contributed by atoms with Crippen LogP contribution in [0.3, 0.4) is 0 Å². The molecule has 0 aromatic heterocycles. The maximum atomic E-state index is 3.41. The number of hydrogen-bond donors (Lipinski definition) is 0. The topological polar surface area (TPSA) is 6.48 Å². The van der Waals surface area contributed by atoms with Gasteiger partial charge in [0.25, 0.3) is 6.71 Å². The highest BCUT2D eigenvalue weighted by Crippen LogP contribution is 2.47. The molecule has 2 aliphatic carbocycles. The van der Waals surface area contributed by atoms with Gasteiger partial charge in [-0.1, -0.05) is 147 Å². The molecule has 4 aliphatic rings. The number of rotatable bonds is 3. The van der Waals surface area contributed by atoms with Gasteiger partial charge in [-0.05, 0) is 139 Å². The lowest BCUT2D eigenvalue weighted by Crippen LogP contribution is -2.61. The molecule has 2 heterocycles. The summed E-state index contributed by atoms with van der Waals surface area (Å²) in [6.45, 7) is 20.9. The van der Waals surface area contributed by atoms with Gasteiger partial charge >= 0.3 is 0 Å². The van der Waals surface area contributed by atoms with Crippen LogP contribution in [0.4, 0.5) is 34.1 Å². The summed E-state index contributed by atoms with van der Waals surface area (Å²) >= 11 is 0. The van der Waals surface area contributed by atoms with Crippen molar-refractivity contribution in [1.29, 1.82) is 0 Å². The van der Waals surface area contributed by atoms with E-state index >= 15 is 0 Å². The van der Waals surface area contributed by atoms with Crippen LogP contribution in [-0.2, 0) is 22.7 Å². The lowest BCUT2D eigenvalue weighted by atomic mass is 9.33. The van der Waals surface area contributed by atoms with Crippen LogP contribution in [0, 0.1) is 11.8 Å². The first-order valence-electron chi connectivity index (χ1n) is 21.7. The summed E-state index contributed by atoms with van der Waals surface area (Å²) in [6.07, 6.45) is 4.00. The minimum Gasteiger partial charge on any atom is -0.311 e. The monoisotopic (exact) mass is 766 g/mol. The predicted octanol–water partition coefficient (Wildman–Crippen LogP) is 12.8. The zero-order valence-corrected chi connectivity index (χ0v) is 36.3. The highest BCUT2D eigenvalue weighted by atomic mass is 15.2. The molecule has 0 saturated heterocycles. The van der Waals surface area contributed by atoms with Crippen LogP contribution >= 0.6 is 0 Å². The van der Waals surface area contributed by atoms with Crippen LogP contribution in [0.2, 0.25) is 0 Å². The summed E-state index contributed by atoms with van der Waals surface area (Å²) in [5, 5.41) is 0. The standard InChI is InChI=1S/C56H55BN2/c1-54(2,3)40-22-26-43(27-23-40)58-49-19-14-20-50-53(49)57(47-29-24-41(34-51(47)58)55(4,5)6)48-30-25-42(56(7,8)9)35-52(48)59(50)44-17-13-16-36(33-44)37-21-28-46-39(31-37)32-38-15-11-10-12-18-45(38)46/h13-14,16-17,19-31,33-35H,11,15,18,32H2,1-9H3. The summed E-state index contributed by atoms with van der Waals surface area (Å²) in [6, 6.07) is 47.3. The Morgan fingerprint density at radius 1 is 0.508 bits per heavy atom. The summed E-state index contributed by atoms with van der Waals surface area (Å²) in [5.41, 5.74) is 24.0. The molecule has 3 heteroatoms. The first-order chi connectivity index (χ1) is 28.1. The Bertz CT molecular complexity index is 2790. The molecule has 2 aliphatic heterocycles. The highest BCUT2D eigenvalue weighted by molar-refractivity contribution is 7.00. The maximum absolute atomic E-state index is 3.41. The smallest absolute Gasteiger partial charge is 0.252 e. The van der Waals surface area contributed by atoms with Gasteiger partial charge in [-0.2, -0.15) is 0 Å². The molecular formula is C56H55BN2. The van der Waals surface area contributed by atoms with E-state index in [2.05, 4.69) is 205 Å². The van der Waals surface area contributed by atoms with E-state index in [0.717, 1.165) is 25.7 Å². The summed E-state index contributed by atoms with van der Waals surface area (Å²) < 4.78 is 0. The normalized spacial score (nSPS) is 15.4. The Hall–Kier alpha value is -5.72. The molecule has 0 fully saturated rings. The molecule has 0 N–H and O–H groups in total. The molecule has 0 unspecified atom stereocenters. The SMILES string of the molecule is CC(C)(C)c1ccc(N2c3cc(C(C)(C)C)ccc3B3c4ccc(C(C)(C)C)cc4N(c4cccc(-c5ccc6c(c5)CC5=C6CC#CCC5)c4)c4cccc2c43)cc1. The largest absolute Gasteiger partial charge is 0.311 e. The Kier molecular flexibility index (Phi) is 8.53. The lowest BCUT2D eigenvalue weighted by molar-refractivity contribution is 0.590. The van der Waals surface area contributed by atoms with Crippen LogP contribution in [-0.4, -0.2) is 6.71 Å². The van der Waals surface area contributed by atoms with Gasteiger partial charge in [0.05, 0.1) is 0 Å². The van der Waals surface area contributed by atoms with E-state index in [9.17, 15) is 0 Å². The molecule has 59 heavy (non-hydrogen) atoms. The molecule has 0 spiro atoms. The Labute approximate surface area is 353 Å². The zero-order valence-electron chi connectivity index (χ0n) is 36.3. The van der Waals surface area contributed by atoms with Crippen molar-refractivity contribution >= 4 is 62.8 Å². The quantitative estimate of drug-likeness (QED) is 0.131. The summed E-state index contributed by atoms with van der Waals surface area (Å²) in [4.78, 5) is 5.11. The van der Waals surface area contributed by atoms with E-state index in [1.165, 1.54) is 95.0 Å². The molecular weight excluding hydrogens is 711 g/mol. The van der Waals surface area contributed by atoms with Crippen molar-refractivity contribution in [3.63, 3.8) is 0 Å². The molecule has 0 saturated carbocycles. The highest BCUT2D eigenvalue weighted by Gasteiger charge is 2.44. The molecule has 292 valence electrons. The fraction of sp³-hybridized carbons (Fsp3) is 0.286. The second kappa shape index (κ2) is 13.4. The van der Waals surface area contributed by atoms with Crippen LogP contribution in [0.1, 0.15) is 109 Å². The number of allylic oxidation sites excluding steroid dienone is 2. The third kappa shape index (κ3) is 6.26. The van der Waals surface area contributed by atoms with Gasteiger partial charge in [0.2, 0.25) is 0 Å². The first kappa shape index (κ1) is 37.5. The molecule has 6 aromatic carbocycles. The first-order valence-corrected chi connectivity index (χ1v) is 21.7. The number of anilines is 6. The number of nitrogens with zero attached hydrogens (tertiary/aromatic N) is 2. The minimum atomic E-state index is -0.00497. The van der Waals surface area contributed by atoms with Gasteiger partial charge in [-0.15, -0.1) is 5.92 Å². The fourth-order valence-corrected chi connectivity index (χ4v) is 10.0. The average molecular weight is 767 g/mol. The molecule has 0 atom stereocenters. The van der Waals surface area contributed by atoms with Crippen LogP contribution in [0.25, 0.3) is 16.7 Å². The van der Waals surface area contributed by atoms with Crippen molar-refractivity contribution in [2.45, 2.75) is 104 Å². The number of fused-ring (bicyclic) bond motifs is 6. The van der Waals surface area contributed by atoms with Gasteiger partial charge < -0.3 is 9.80 Å². The second-order valence-electron chi connectivity index (χ2n) is 20.4. The van der Waals surface area contributed by atoms with Crippen molar-refractivity contribution < 1.29 is 0 Å². The Balaban J connectivity index is 1.17. The third-order valence-corrected chi connectivity index (χ3v) is 13.4. The maximum Gasteiger partial charge on any atom is 0.252 e. The van der Waals surface area contributed by atoms with E-state index in [0.29, 0.717) is 0 Å². The third-order valence-electron chi connectivity index (χ3n) is 13.4. The van der Waals surface area contributed by atoms with Crippen molar-refractivity contribution in [3.8, 4) is 23.0 Å². The molecule has 0 amide bonds. The molecule has 0 bridgehead atoms. The Morgan fingerprint density at radius 3 is 1.71 bits per heavy atom. The van der Waals surface area contributed by atoms with E-state index in [1.54, 1.807) is 5.57 Å². The van der Waals surface area contributed by atoms with Crippen LogP contribution < -0.4 is 26.2 Å². The van der Waals surface area contributed by atoms with E-state index in [1.807, 2.05) is 0 Å². The molecule has 6 aromatic rings. The summed E-state index contributed by atoms with van der Waals surface area (Å²) in [7, 11) is 0. The minimum absolute atomic E-state index is 0.00497. The van der Waals surface area contributed by atoms with Gasteiger partial charge in [0, 0.05) is 47.0 Å². The van der Waals surface area contributed by atoms with Crippen molar-refractivity contribution in [2.24, 2.45) is 0 Å². The summed E-state index contributed by atoms with van der Waals surface area (Å²) in [5.74, 6) is 6.76. The zero-order chi connectivity index (χ0) is 41.0. The van der Waals surface area contributed by atoms with Gasteiger partial charge in [0.1, 0.15) is 0 Å². The Morgan fingerprint density at radius 2 is 1.08 bits per heavy atom. The van der Waals surface area contributed by atoms with Gasteiger partial charge in [0.15, 0.2) is 0 Å². The van der Waals surface area contributed by atoms with Crippen molar-refractivity contribution in [2.75, 3.05) is 9.80 Å². The van der Waals surface area contributed by atoms with Crippen LogP contribution in [0.15, 0.2) is 127 Å². The second-order valence-corrected chi connectivity index (χ2v) is 20.4. The number of hydrogen-bond acceptors (Lipinski definition) is 2. The fourth-order valence-electron chi connectivity index (χ4n) is 10.0. The van der Waals surface area contributed by atoms with Gasteiger partial charge in [-0.25, -0.2) is 0 Å². The molecule has 2 nitrogen and oxygen atoms in total.